The Bertz CT molecular complexity index is 561. The van der Waals surface area contributed by atoms with Gasteiger partial charge in [0.25, 0.3) is 0 Å². The lowest BCUT2D eigenvalue weighted by Gasteiger charge is -2.37. The molecular formula is C16H19BrO4. The molecule has 1 saturated heterocycles. The van der Waals surface area contributed by atoms with Crippen molar-refractivity contribution in [2.24, 2.45) is 5.41 Å². The zero-order valence-corrected chi connectivity index (χ0v) is 13.6. The topological polar surface area (TPSA) is 55.8 Å². The number of hydrogen-bond donors (Lipinski definition) is 1. The van der Waals surface area contributed by atoms with Crippen LogP contribution in [-0.2, 0) is 14.9 Å². The van der Waals surface area contributed by atoms with E-state index in [4.69, 9.17) is 14.6 Å². The van der Waals surface area contributed by atoms with E-state index in [2.05, 4.69) is 22.9 Å². The second kappa shape index (κ2) is 5.29. The first kappa shape index (κ1) is 14.9. The van der Waals surface area contributed by atoms with Crippen molar-refractivity contribution in [1.29, 1.82) is 0 Å². The number of aliphatic carboxylic acids is 1. The minimum atomic E-state index is -0.734. The normalized spacial score (nSPS) is 21.4. The highest BCUT2D eigenvalue weighted by Gasteiger charge is 2.46. The molecule has 0 amide bonds. The number of benzene rings is 1. The molecule has 0 radical (unpaired) electrons. The molecule has 3 rings (SSSR count). The molecular weight excluding hydrogens is 336 g/mol. The second-order valence-corrected chi connectivity index (χ2v) is 7.44. The van der Waals surface area contributed by atoms with Gasteiger partial charge in [-0.05, 0) is 46.5 Å². The van der Waals surface area contributed by atoms with Crippen LogP contribution in [0.2, 0.25) is 0 Å². The van der Waals surface area contributed by atoms with Gasteiger partial charge in [-0.2, -0.15) is 0 Å². The zero-order valence-electron chi connectivity index (χ0n) is 12.0. The van der Waals surface area contributed by atoms with E-state index < -0.39 is 5.97 Å². The summed E-state index contributed by atoms with van der Waals surface area (Å²) in [5, 5.41) is 9.03. The molecule has 1 aromatic rings. The summed E-state index contributed by atoms with van der Waals surface area (Å²) in [4.78, 5) is 11.0. The second-order valence-electron chi connectivity index (χ2n) is 6.59. The fourth-order valence-corrected chi connectivity index (χ4v) is 3.23. The molecule has 5 heteroatoms. The number of halogens is 1. The molecule has 0 unspecified atom stereocenters. The van der Waals surface area contributed by atoms with Crippen molar-refractivity contribution in [1.82, 2.24) is 0 Å². The van der Waals surface area contributed by atoms with E-state index in [1.165, 1.54) is 0 Å². The molecule has 0 aromatic heterocycles. The molecule has 114 valence electrons. The van der Waals surface area contributed by atoms with Gasteiger partial charge in [0.2, 0.25) is 0 Å². The van der Waals surface area contributed by atoms with Gasteiger partial charge in [0, 0.05) is 10.8 Å². The molecule has 0 atom stereocenters. The largest absolute Gasteiger partial charge is 0.492 e. The van der Waals surface area contributed by atoms with Gasteiger partial charge in [-0.15, -0.1) is 0 Å². The molecule has 21 heavy (non-hydrogen) atoms. The summed E-state index contributed by atoms with van der Waals surface area (Å²) in [5.74, 6) is 0.0693. The number of carboxylic acids is 1. The van der Waals surface area contributed by atoms with Gasteiger partial charge >= 0.3 is 5.97 Å². The average molecular weight is 355 g/mol. The summed E-state index contributed by atoms with van der Waals surface area (Å²) in [6.45, 7) is 4.25. The molecule has 1 N–H and O–H groups in total. The molecule has 1 saturated carbocycles. The SMILES string of the molecule is CC1(COc2ccc(C3(CC(=O)O)CC3)cc2Br)COC1. The highest BCUT2D eigenvalue weighted by molar-refractivity contribution is 9.10. The monoisotopic (exact) mass is 354 g/mol. The maximum Gasteiger partial charge on any atom is 0.304 e. The fourth-order valence-electron chi connectivity index (χ4n) is 2.74. The lowest BCUT2D eigenvalue weighted by molar-refractivity contribution is -0.137. The van der Waals surface area contributed by atoms with Crippen molar-refractivity contribution in [2.45, 2.75) is 31.6 Å². The first-order chi connectivity index (χ1) is 9.92. The minimum Gasteiger partial charge on any atom is -0.492 e. The van der Waals surface area contributed by atoms with Gasteiger partial charge in [0.05, 0.1) is 30.7 Å². The molecule has 2 aliphatic rings. The summed E-state index contributed by atoms with van der Waals surface area (Å²) in [7, 11) is 0. The maximum absolute atomic E-state index is 11.0. The summed E-state index contributed by atoms with van der Waals surface area (Å²) in [6.07, 6.45) is 2.10. The van der Waals surface area contributed by atoms with Crippen molar-refractivity contribution in [3.8, 4) is 5.75 Å². The summed E-state index contributed by atoms with van der Waals surface area (Å²) >= 11 is 3.54. The van der Waals surface area contributed by atoms with Crippen molar-refractivity contribution in [3.63, 3.8) is 0 Å². The predicted molar refractivity (Wildman–Crippen MR) is 81.7 cm³/mol. The van der Waals surface area contributed by atoms with Crippen molar-refractivity contribution in [3.05, 3.63) is 28.2 Å². The summed E-state index contributed by atoms with van der Waals surface area (Å²) < 4.78 is 12.0. The van der Waals surface area contributed by atoms with E-state index in [9.17, 15) is 4.79 Å². The molecule has 1 heterocycles. The van der Waals surface area contributed by atoms with E-state index in [1.807, 2.05) is 18.2 Å². The molecule has 1 aliphatic carbocycles. The maximum atomic E-state index is 11.0. The van der Waals surface area contributed by atoms with Gasteiger partial charge in [0.1, 0.15) is 5.75 Å². The van der Waals surface area contributed by atoms with Gasteiger partial charge in [0.15, 0.2) is 0 Å². The molecule has 0 spiro atoms. The fraction of sp³-hybridized carbons (Fsp3) is 0.562. The first-order valence-corrected chi connectivity index (χ1v) is 7.94. The Kier molecular flexibility index (Phi) is 3.74. The third kappa shape index (κ3) is 3.09. The van der Waals surface area contributed by atoms with Crippen LogP contribution in [0.25, 0.3) is 0 Å². The van der Waals surface area contributed by atoms with Gasteiger partial charge in [-0.25, -0.2) is 0 Å². The van der Waals surface area contributed by atoms with Crippen molar-refractivity contribution < 1.29 is 19.4 Å². The van der Waals surface area contributed by atoms with Crippen LogP contribution in [-0.4, -0.2) is 30.9 Å². The van der Waals surface area contributed by atoms with Crippen LogP contribution in [0.5, 0.6) is 5.75 Å². The number of hydrogen-bond acceptors (Lipinski definition) is 3. The molecule has 1 aliphatic heterocycles. The van der Waals surface area contributed by atoms with E-state index in [1.54, 1.807) is 0 Å². The third-order valence-electron chi connectivity index (χ3n) is 4.36. The molecule has 4 nitrogen and oxygen atoms in total. The highest BCUT2D eigenvalue weighted by Crippen LogP contribution is 2.52. The molecule has 2 fully saturated rings. The van der Waals surface area contributed by atoms with E-state index in [0.717, 1.165) is 41.8 Å². The van der Waals surface area contributed by atoms with Gasteiger partial charge in [-0.1, -0.05) is 13.0 Å². The highest BCUT2D eigenvalue weighted by atomic mass is 79.9. The number of carboxylic acid groups (broad SMARTS) is 1. The quantitative estimate of drug-likeness (QED) is 0.850. The zero-order chi connectivity index (χ0) is 15.1. The van der Waals surface area contributed by atoms with Crippen LogP contribution in [0.15, 0.2) is 22.7 Å². The Morgan fingerprint density at radius 2 is 2.14 bits per heavy atom. The third-order valence-corrected chi connectivity index (χ3v) is 4.98. The Labute approximate surface area is 132 Å². The Morgan fingerprint density at radius 3 is 2.62 bits per heavy atom. The molecule has 1 aromatic carbocycles. The van der Waals surface area contributed by atoms with Crippen LogP contribution in [0, 0.1) is 5.41 Å². The van der Waals surface area contributed by atoms with E-state index >= 15 is 0 Å². The summed E-state index contributed by atoms with van der Waals surface area (Å²) in [6, 6.07) is 5.94. The van der Waals surface area contributed by atoms with Crippen LogP contribution in [0.1, 0.15) is 31.7 Å². The number of carbonyl (C=O) groups is 1. The Hall–Kier alpha value is -1.07. The molecule has 0 bridgehead atoms. The standard InChI is InChI=1S/C16H19BrO4/c1-15(8-20-9-15)10-21-13-3-2-11(6-12(13)17)16(4-5-16)7-14(18)19/h2-3,6H,4-5,7-10H2,1H3,(H,18,19). The van der Waals surface area contributed by atoms with Crippen LogP contribution >= 0.6 is 15.9 Å². The smallest absolute Gasteiger partial charge is 0.304 e. The van der Waals surface area contributed by atoms with E-state index in [0.29, 0.717) is 6.61 Å². The number of ether oxygens (including phenoxy) is 2. The lowest BCUT2D eigenvalue weighted by Crippen LogP contribution is -2.44. The van der Waals surface area contributed by atoms with Crippen molar-refractivity contribution >= 4 is 21.9 Å². The average Bonchev–Trinajstić information content (AvgIpc) is 3.15. The Balaban J connectivity index is 1.69. The predicted octanol–water partition coefficient (Wildman–Crippen LogP) is 3.37. The van der Waals surface area contributed by atoms with Crippen LogP contribution < -0.4 is 4.74 Å². The first-order valence-electron chi connectivity index (χ1n) is 7.15. The summed E-state index contributed by atoms with van der Waals surface area (Å²) in [5.41, 5.74) is 1.03. The van der Waals surface area contributed by atoms with E-state index in [-0.39, 0.29) is 17.3 Å². The minimum absolute atomic E-state index is 0.110. The lowest BCUT2D eigenvalue weighted by atomic mass is 9.90. The van der Waals surface area contributed by atoms with Crippen molar-refractivity contribution in [2.75, 3.05) is 19.8 Å². The van der Waals surface area contributed by atoms with Crippen LogP contribution in [0.3, 0.4) is 0 Å². The number of rotatable bonds is 6. The van der Waals surface area contributed by atoms with Crippen LogP contribution in [0.4, 0.5) is 0 Å². The van der Waals surface area contributed by atoms with Gasteiger partial charge in [-0.3, -0.25) is 4.79 Å². The Morgan fingerprint density at radius 1 is 1.43 bits per heavy atom. The van der Waals surface area contributed by atoms with Gasteiger partial charge < -0.3 is 14.6 Å².